The number of quaternary nitrogens is 1. The molecule has 1 aliphatic heterocycles. The van der Waals surface area contributed by atoms with Gasteiger partial charge in [0.05, 0.1) is 26.2 Å². The van der Waals surface area contributed by atoms with Crippen molar-refractivity contribution in [3.8, 4) is 0 Å². The number of nitrogens with zero attached hydrogens (tertiary/aromatic N) is 1. The Bertz CT molecular complexity index is 145. The molecule has 0 spiro atoms. The fourth-order valence-electron chi connectivity index (χ4n) is 1.86. The van der Waals surface area contributed by atoms with Crippen LogP contribution in [0.4, 0.5) is 0 Å². The number of hydrogen-bond acceptors (Lipinski definition) is 1. The van der Waals surface area contributed by atoms with E-state index >= 15 is 0 Å². The molecule has 1 fully saturated rings. The summed E-state index contributed by atoms with van der Waals surface area (Å²) >= 11 is 0. The van der Waals surface area contributed by atoms with Crippen LogP contribution in [-0.2, 0) is 0 Å². The largest absolute Gasteiger partial charge is 0.315 e. The molecule has 0 unspecified atom stereocenters. The van der Waals surface area contributed by atoms with Crippen LogP contribution in [0.15, 0.2) is 25.3 Å². The summed E-state index contributed by atoms with van der Waals surface area (Å²) in [5, 5.41) is 3.37. The zero-order valence-electron chi connectivity index (χ0n) is 7.76. The van der Waals surface area contributed by atoms with Gasteiger partial charge in [-0.3, -0.25) is 0 Å². The van der Waals surface area contributed by atoms with Crippen LogP contribution in [0.25, 0.3) is 0 Å². The van der Waals surface area contributed by atoms with E-state index in [1.165, 1.54) is 13.1 Å². The van der Waals surface area contributed by atoms with Gasteiger partial charge in [-0.1, -0.05) is 13.2 Å². The lowest BCUT2D eigenvalue weighted by Crippen LogP contribution is -2.58. The Morgan fingerprint density at radius 1 is 1.08 bits per heavy atom. The van der Waals surface area contributed by atoms with Crippen molar-refractivity contribution >= 4 is 0 Å². The lowest BCUT2D eigenvalue weighted by Gasteiger charge is -2.40. The van der Waals surface area contributed by atoms with Gasteiger partial charge in [-0.05, 0) is 12.2 Å². The van der Waals surface area contributed by atoms with Crippen molar-refractivity contribution in [2.24, 2.45) is 0 Å². The van der Waals surface area contributed by atoms with E-state index in [-0.39, 0.29) is 0 Å². The molecule has 0 aromatic heterocycles. The van der Waals surface area contributed by atoms with Crippen LogP contribution in [0.2, 0.25) is 0 Å². The molecule has 0 aromatic rings. The molecule has 68 valence electrons. The van der Waals surface area contributed by atoms with Gasteiger partial charge in [0.25, 0.3) is 0 Å². The van der Waals surface area contributed by atoms with Crippen molar-refractivity contribution in [2.75, 3.05) is 39.3 Å². The molecule has 1 rings (SSSR count). The number of piperazine rings is 1. The van der Waals surface area contributed by atoms with E-state index < -0.39 is 0 Å². The first-order valence-corrected chi connectivity index (χ1v) is 4.61. The van der Waals surface area contributed by atoms with Gasteiger partial charge in [0.15, 0.2) is 0 Å². The van der Waals surface area contributed by atoms with Gasteiger partial charge in [-0.2, -0.15) is 0 Å². The Kier molecular flexibility index (Phi) is 3.50. The van der Waals surface area contributed by atoms with Gasteiger partial charge in [-0.15, -0.1) is 0 Å². The summed E-state index contributed by atoms with van der Waals surface area (Å²) < 4.78 is 1.14. The number of nitrogens with one attached hydrogen (secondary N) is 1. The minimum Gasteiger partial charge on any atom is -0.315 e. The maximum Gasteiger partial charge on any atom is 0.0974 e. The summed E-state index contributed by atoms with van der Waals surface area (Å²) in [6.45, 7) is 14.4. The molecule has 1 saturated heterocycles. The second-order valence-electron chi connectivity index (χ2n) is 3.48. The van der Waals surface area contributed by atoms with Gasteiger partial charge in [0.1, 0.15) is 0 Å². The molecule has 0 radical (unpaired) electrons. The van der Waals surface area contributed by atoms with Crippen molar-refractivity contribution < 1.29 is 4.48 Å². The van der Waals surface area contributed by atoms with Crippen molar-refractivity contribution in [1.82, 2.24) is 5.32 Å². The maximum absolute atomic E-state index is 3.81. The molecule has 1 aliphatic rings. The molecule has 0 bridgehead atoms. The van der Waals surface area contributed by atoms with E-state index in [1.807, 2.05) is 12.2 Å². The Hall–Kier alpha value is -0.600. The highest BCUT2D eigenvalue weighted by Gasteiger charge is 2.26. The first-order chi connectivity index (χ1) is 5.83. The summed E-state index contributed by atoms with van der Waals surface area (Å²) in [4.78, 5) is 0. The first kappa shape index (κ1) is 9.49. The third kappa shape index (κ3) is 2.19. The van der Waals surface area contributed by atoms with E-state index in [0.717, 1.165) is 30.7 Å². The van der Waals surface area contributed by atoms with E-state index in [4.69, 9.17) is 0 Å². The Labute approximate surface area is 75.2 Å². The van der Waals surface area contributed by atoms with Crippen LogP contribution in [0.3, 0.4) is 0 Å². The second kappa shape index (κ2) is 4.43. The molecule has 0 aliphatic carbocycles. The molecule has 0 atom stereocenters. The van der Waals surface area contributed by atoms with E-state index in [0.29, 0.717) is 0 Å². The average Bonchev–Trinajstić information content (AvgIpc) is 2.07. The first-order valence-electron chi connectivity index (χ1n) is 4.61. The SMILES string of the molecule is C=CC[N+]1(CC=C)CCNCC1. The minimum absolute atomic E-state index is 1.08. The third-order valence-electron chi connectivity index (χ3n) is 2.56. The van der Waals surface area contributed by atoms with Crippen molar-refractivity contribution in [2.45, 2.75) is 0 Å². The van der Waals surface area contributed by atoms with Crippen molar-refractivity contribution in [1.29, 1.82) is 0 Å². The normalized spacial score (nSPS) is 21.7. The molecule has 12 heavy (non-hydrogen) atoms. The van der Waals surface area contributed by atoms with Crippen molar-refractivity contribution in [3.63, 3.8) is 0 Å². The van der Waals surface area contributed by atoms with E-state index in [9.17, 15) is 0 Å². The second-order valence-corrected chi connectivity index (χ2v) is 3.48. The molecular formula is C10H19N2+. The van der Waals surface area contributed by atoms with Crippen molar-refractivity contribution in [3.05, 3.63) is 25.3 Å². The van der Waals surface area contributed by atoms with E-state index in [2.05, 4.69) is 18.5 Å². The summed E-state index contributed by atoms with van der Waals surface area (Å²) in [6, 6.07) is 0. The summed E-state index contributed by atoms with van der Waals surface area (Å²) in [7, 11) is 0. The Morgan fingerprint density at radius 2 is 1.58 bits per heavy atom. The van der Waals surface area contributed by atoms with Crippen LogP contribution < -0.4 is 5.32 Å². The highest BCUT2D eigenvalue weighted by molar-refractivity contribution is 4.74. The van der Waals surface area contributed by atoms with Crippen LogP contribution in [-0.4, -0.2) is 43.8 Å². The predicted molar refractivity (Wildman–Crippen MR) is 53.0 cm³/mol. The third-order valence-corrected chi connectivity index (χ3v) is 2.56. The topological polar surface area (TPSA) is 12.0 Å². The fraction of sp³-hybridized carbons (Fsp3) is 0.600. The minimum atomic E-state index is 1.08. The zero-order valence-corrected chi connectivity index (χ0v) is 7.76. The quantitative estimate of drug-likeness (QED) is 0.482. The van der Waals surface area contributed by atoms with Crippen LogP contribution in [0, 0.1) is 0 Å². The summed E-state index contributed by atoms with van der Waals surface area (Å²) in [6.07, 6.45) is 4.05. The van der Waals surface area contributed by atoms with Gasteiger partial charge >= 0.3 is 0 Å². The van der Waals surface area contributed by atoms with Crippen LogP contribution in [0.1, 0.15) is 0 Å². The van der Waals surface area contributed by atoms with Gasteiger partial charge in [0, 0.05) is 13.1 Å². The van der Waals surface area contributed by atoms with Gasteiger partial charge < -0.3 is 9.80 Å². The summed E-state index contributed by atoms with van der Waals surface area (Å²) in [5.74, 6) is 0. The average molecular weight is 167 g/mol. The van der Waals surface area contributed by atoms with Gasteiger partial charge in [-0.25, -0.2) is 0 Å². The number of hydrogen-bond donors (Lipinski definition) is 1. The molecule has 2 heteroatoms. The van der Waals surface area contributed by atoms with E-state index in [1.54, 1.807) is 0 Å². The molecule has 0 saturated carbocycles. The smallest absolute Gasteiger partial charge is 0.0974 e. The molecular weight excluding hydrogens is 148 g/mol. The standard InChI is InChI=1S/C10H19N2/c1-3-7-12(8-4-2)9-5-11-6-10-12/h3-4,11H,1-2,5-10H2/q+1. The molecule has 1 N–H and O–H groups in total. The zero-order chi connectivity index (χ0) is 8.86. The molecule has 2 nitrogen and oxygen atoms in total. The maximum atomic E-state index is 3.81. The Morgan fingerprint density at radius 3 is 2.00 bits per heavy atom. The summed E-state index contributed by atoms with van der Waals surface area (Å²) in [5.41, 5.74) is 0. The van der Waals surface area contributed by atoms with Crippen LogP contribution in [0.5, 0.6) is 0 Å². The molecule has 1 heterocycles. The molecule has 0 aromatic carbocycles. The fourth-order valence-corrected chi connectivity index (χ4v) is 1.86. The lowest BCUT2D eigenvalue weighted by atomic mass is 10.2. The highest BCUT2D eigenvalue weighted by Crippen LogP contribution is 2.08. The molecule has 0 amide bonds. The monoisotopic (exact) mass is 167 g/mol. The van der Waals surface area contributed by atoms with Gasteiger partial charge in [0.2, 0.25) is 0 Å². The van der Waals surface area contributed by atoms with Crippen LogP contribution >= 0.6 is 0 Å². The lowest BCUT2D eigenvalue weighted by molar-refractivity contribution is -0.918. The Balaban J connectivity index is 2.55. The highest BCUT2D eigenvalue weighted by atomic mass is 15.4. The predicted octanol–water partition coefficient (Wildman–Crippen LogP) is 0.778. The number of rotatable bonds is 4.